The molecule has 8 heteroatoms. The zero-order valence-corrected chi connectivity index (χ0v) is 17.5. The summed E-state index contributed by atoms with van der Waals surface area (Å²) in [6, 6.07) is 11.9. The summed E-state index contributed by atoms with van der Waals surface area (Å²) in [5.41, 5.74) is 3.35. The zero-order chi connectivity index (χ0) is 20.9. The van der Waals surface area contributed by atoms with Crippen molar-refractivity contribution in [3.63, 3.8) is 0 Å². The Morgan fingerprint density at radius 3 is 2.70 bits per heavy atom. The Kier molecular flexibility index (Phi) is 6.32. The van der Waals surface area contributed by atoms with E-state index in [0.717, 1.165) is 18.6 Å². The number of carbonyl (C=O) groups is 1. The molecule has 0 radical (unpaired) electrons. The Hall–Kier alpha value is -2.87. The molecule has 1 amide bonds. The molecule has 0 aliphatic heterocycles. The highest BCUT2D eigenvalue weighted by Gasteiger charge is 2.14. The Bertz CT molecular complexity index is 1040. The fraction of sp³-hybridized carbons (Fsp3) is 0.318. The minimum absolute atomic E-state index is 0.176. The van der Waals surface area contributed by atoms with Crippen molar-refractivity contribution in [3.8, 4) is 5.75 Å². The van der Waals surface area contributed by atoms with Gasteiger partial charge >= 0.3 is 0 Å². The number of rotatable bonds is 7. The average Bonchev–Trinajstić information content (AvgIpc) is 3.11. The van der Waals surface area contributed by atoms with E-state index in [1.165, 1.54) is 60.0 Å². The number of hydrogen-bond acceptors (Lipinski definition) is 5. The molecule has 30 heavy (non-hydrogen) atoms. The summed E-state index contributed by atoms with van der Waals surface area (Å²) >= 11 is 1.29. The van der Waals surface area contributed by atoms with Gasteiger partial charge in [-0.25, -0.2) is 4.39 Å². The lowest BCUT2D eigenvalue weighted by atomic mass is 9.92. The molecule has 4 rings (SSSR count). The molecule has 1 aromatic heterocycles. The second kappa shape index (κ2) is 9.30. The van der Waals surface area contributed by atoms with E-state index < -0.39 is 0 Å². The smallest absolute Gasteiger partial charge is 0.234 e. The molecular weight excluding hydrogens is 403 g/mol. The summed E-state index contributed by atoms with van der Waals surface area (Å²) in [4.78, 5) is 12.1. The van der Waals surface area contributed by atoms with E-state index in [0.29, 0.717) is 23.3 Å². The average molecular weight is 427 g/mol. The van der Waals surface area contributed by atoms with Gasteiger partial charge in [-0.15, -0.1) is 10.2 Å². The summed E-state index contributed by atoms with van der Waals surface area (Å²) in [6.07, 6.45) is 4.75. The van der Waals surface area contributed by atoms with Crippen LogP contribution in [0.1, 0.15) is 29.8 Å². The number of nitrogens with one attached hydrogen (secondary N) is 1. The van der Waals surface area contributed by atoms with Crippen LogP contribution in [-0.4, -0.2) is 26.4 Å². The maximum absolute atomic E-state index is 12.9. The Morgan fingerprint density at radius 2 is 1.90 bits per heavy atom. The quantitative estimate of drug-likeness (QED) is 0.575. The first-order chi connectivity index (χ1) is 14.6. The number of aromatic nitrogens is 3. The van der Waals surface area contributed by atoms with Crippen molar-refractivity contribution in [1.29, 1.82) is 0 Å². The number of nitrogens with zero attached hydrogens (tertiary/aromatic N) is 3. The van der Waals surface area contributed by atoms with Crippen LogP contribution in [0.5, 0.6) is 5.75 Å². The number of hydrogen-bond donors (Lipinski definition) is 1. The zero-order valence-electron chi connectivity index (χ0n) is 16.7. The van der Waals surface area contributed by atoms with E-state index in [4.69, 9.17) is 4.74 Å². The monoisotopic (exact) mass is 426 g/mol. The number of fused-ring (bicyclic) bond motifs is 1. The van der Waals surface area contributed by atoms with Crippen LogP contribution in [0.4, 0.5) is 10.1 Å². The predicted molar refractivity (Wildman–Crippen MR) is 114 cm³/mol. The highest BCUT2D eigenvalue weighted by molar-refractivity contribution is 7.99. The number of carbonyl (C=O) groups excluding carboxylic acids is 1. The third kappa shape index (κ3) is 4.99. The van der Waals surface area contributed by atoms with Crippen LogP contribution in [-0.2, 0) is 31.3 Å². The van der Waals surface area contributed by atoms with Crippen molar-refractivity contribution in [1.82, 2.24) is 14.8 Å². The predicted octanol–water partition coefficient (Wildman–Crippen LogP) is 4.14. The van der Waals surface area contributed by atoms with Gasteiger partial charge in [-0.2, -0.15) is 0 Å². The molecule has 0 bridgehead atoms. The lowest BCUT2D eigenvalue weighted by Crippen LogP contribution is -2.14. The normalized spacial score (nSPS) is 13.0. The van der Waals surface area contributed by atoms with Crippen LogP contribution in [0, 0.1) is 5.82 Å². The van der Waals surface area contributed by atoms with E-state index >= 15 is 0 Å². The number of halogens is 1. The highest BCUT2D eigenvalue weighted by Crippen LogP contribution is 2.26. The molecule has 1 heterocycles. The number of aryl methyl sites for hydroxylation is 2. The van der Waals surface area contributed by atoms with Gasteiger partial charge in [-0.3, -0.25) is 4.79 Å². The molecule has 0 atom stereocenters. The number of benzene rings is 2. The SMILES string of the molecule is Cn1c(COc2ccc3c(c2)CCCC3)nnc1SCC(=O)Nc1ccc(F)cc1. The maximum atomic E-state index is 12.9. The van der Waals surface area contributed by atoms with Gasteiger partial charge < -0.3 is 14.6 Å². The van der Waals surface area contributed by atoms with E-state index in [-0.39, 0.29) is 17.5 Å². The summed E-state index contributed by atoms with van der Waals surface area (Å²) in [5, 5.41) is 11.7. The maximum Gasteiger partial charge on any atom is 0.234 e. The molecule has 0 unspecified atom stereocenters. The van der Waals surface area contributed by atoms with Gasteiger partial charge in [0.15, 0.2) is 11.0 Å². The van der Waals surface area contributed by atoms with Gasteiger partial charge in [-0.1, -0.05) is 17.8 Å². The minimum Gasteiger partial charge on any atom is -0.486 e. The second-order valence-electron chi connectivity index (χ2n) is 7.23. The number of ether oxygens (including phenoxy) is 1. The summed E-state index contributed by atoms with van der Waals surface area (Å²) < 4.78 is 20.7. The molecular formula is C22H23FN4O2S. The second-order valence-corrected chi connectivity index (χ2v) is 8.17. The fourth-order valence-corrected chi connectivity index (χ4v) is 4.13. The van der Waals surface area contributed by atoms with E-state index in [1.54, 1.807) is 0 Å². The molecule has 6 nitrogen and oxygen atoms in total. The van der Waals surface area contributed by atoms with Gasteiger partial charge in [0.2, 0.25) is 5.91 Å². The van der Waals surface area contributed by atoms with Gasteiger partial charge in [-0.05, 0) is 73.2 Å². The molecule has 2 aromatic carbocycles. The van der Waals surface area contributed by atoms with Crippen LogP contribution in [0.2, 0.25) is 0 Å². The van der Waals surface area contributed by atoms with Crippen LogP contribution in [0.3, 0.4) is 0 Å². The first-order valence-electron chi connectivity index (χ1n) is 9.89. The van der Waals surface area contributed by atoms with E-state index in [2.05, 4.69) is 27.6 Å². The van der Waals surface area contributed by atoms with Crippen molar-refractivity contribution in [2.24, 2.45) is 7.05 Å². The highest BCUT2D eigenvalue weighted by atomic mass is 32.2. The van der Waals surface area contributed by atoms with Gasteiger partial charge in [0.1, 0.15) is 18.2 Å². The molecule has 0 saturated heterocycles. The van der Waals surface area contributed by atoms with Crippen LogP contribution < -0.4 is 10.1 Å². The third-order valence-corrected chi connectivity index (χ3v) is 6.09. The number of thioether (sulfide) groups is 1. The lowest BCUT2D eigenvalue weighted by molar-refractivity contribution is -0.113. The van der Waals surface area contributed by atoms with Crippen LogP contribution in [0.25, 0.3) is 0 Å². The topological polar surface area (TPSA) is 69.0 Å². The Labute approximate surface area is 178 Å². The standard InChI is InChI=1S/C22H23FN4O2S/c1-27-20(13-29-19-11-6-15-4-2-3-5-16(15)12-19)25-26-22(27)30-14-21(28)24-18-9-7-17(23)8-10-18/h6-12H,2-5,13-14H2,1H3,(H,24,28). The number of anilines is 1. The number of amides is 1. The van der Waals surface area contributed by atoms with Gasteiger partial charge in [0.05, 0.1) is 5.75 Å². The summed E-state index contributed by atoms with van der Waals surface area (Å²) in [5.74, 6) is 1.17. The van der Waals surface area contributed by atoms with Crippen LogP contribution in [0.15, 0.2) is 47.6 Å². The van der Waals surface area contributed by atoms with Crippen molar-refractivity contribution in [2.45, 2.75) is 37.4 Å². The Balaban J connectivity index is 1.30. The van der Waals surface area contributed by atoms with E-state index in [1.807, 2.05) is 17.7 Å². The van der Waals surface area contributed by atoms with Gasteiger partial charge in [0.25, 0.3) is 0 Å². The summed E-state index contributed by atoms with van der Waals surface area (Å²) in [6.45, 7) is 0.310. The Morgan fingerprint density at radius 1 is 1.13 bits per heavy atom. The van der Waals surface area contributed by atoms with Crippen molar-refractivity contribution < 1.29 is 13.9 Å². The van der Waals surface area contributed by atoms with Gasteiger partial charge in [0, 0.05) is 12.7 Å². The third-order valence-electron chi connectivity index (χ3n) is 5.07. The molecule has 1 N–H and O–H groups in total. The van der Waals surface area contributed by atoms with Crippen molar-refractivity contribution in [3.05, 3.63) is 65.2 Å². The first kappa shape index (κ1) is 20.4. The van der Waals surface area contributed by atoms with E-state index in [9.17, 15) is 9.18 Å². The molecule has 3 aromatic rings. The summed E-state index contributed by atoms with van der Waals surface area (Å²) in [7, 11) is 1.85. The van der Waals surface area contributed by atoms with Crippen molar-refractivity contribution >= 4 is 23.4 Å². The first-order valence-corrected chi connectivity index (χ1v) is 10.9. The lowest BCUT2D eigenvalue weighted by Gasteiger charge is -2.16. The fourth-order valence-electron chi connectivity index (χ4n) is 3.40. The van der Waals surface area contributed by atoms with Crippen LogP contribution >= 0.6 is 11.8 Å². The minimum atomic E-state index is -0.341. The molecule has 0 saturated carbocycles. The molecule has 0 fully saturated rings. The molecule has 1 aliphatic carbocycles. The molecule has 0 spiro atoms. The van der Waals surface area contributed by atoms with Crippen molar-refractivity contribution in [2.75, 3.05) is 11.1 Å². The molecule has 156 valence electrons. The molecule has 1 aliphatic rings. The largest absolute Gasteiger partial charge is 0.486 e.